The highest BCUT2D eigenvalue weighted by molar-refractivity contribution is 7.13. The highest BCUT2D eigenvalue weighted by Gasteiger charge is 2.09. The number of thiazole rings is 1. The molecule has 0 saturated heterocycles. The fourth-order valence-corrected chi connectivity index (χ4v) is 3.15. The maximum atomic E-state index is 13.7. The summed E-state index contributed by atoms with van der Waals surface area (Å²) >= 11 is 1.32. The van der Waals surface area contributed by atoms with Gasteiger partial charge in [0.2, 0.25) is 5.13 Å². The first-order valence-corrected chi connectivity index (χ1v) is 9.98. The number of hydrazone groups is 1. The predicted molar refractivity (Wildman–Crippen MR) is 111 cm³/mol. The number of halogens is 2. The standard InChI is InChI=1S/C21H19F2N3O3S/c1-2-28-20(27)10-17-13-30-21(25-17)26-24-11-14-5-3-4-6-15(14)12-29-19-8-7-16(22)9-18(19)23/h3-9,11,13H,2,10,12H2,1H3,(H,25,26). The number of hydrogen-bond donors (Lipinski definition) is 1. The first-order valence-electron chi connectivity index (χ1n) is 9.10. The summed E-state index contributed by atoms with van der Waals surface area (Å²) in [6, 6.07) is 10.5. The topological polar surface area (TPSA) is 72.8 Å². The van der Waals surface area contributed by atoms with Crippen LogP contribution in [0.25, 0.3) is 0 Å². The van der Waals surface area contributed by atoms with E-state index >= 15 is 0 Å². The van der Waals surface area contributed by atoms with Crippen LogP contribution < -0.4 is 10.2 Å². The molecule has 0 aliphatic heterocycles. The van der Waals surface area contributed by atoms with Gasteiger partial charge in [-0.3, -0.25) is 10.2 Å². The Kier molecular flexibility index (Phi) is 7.45. The van der Waals surface area contributed by atoms with Crippen molar-refractivity contribution in [3.63, 3.8) is 0 Å². The van der Waals surface area contributed by atoms with Crippen LogP contribution in [0.3, 0.4) is 0 Å². The molecule has 0 aliphatic rings. The van der Waals surface area contributed by atoms with E-state index in [4.69, 9.17) is 9.47 Å². The lowest BCUT2D eigenvalue weighted by atomic mass is 10.1. The van der Waals surface area contributed by atoms with Crippen molar-refractivity contribution in [3.05, 3.63) is 76.3 Å². The molecule has 0 aliphatic carbocycles. The zero-order valence-electron chi connectivity index (χ0n) is 16.1. The summed E-state index contributed by atoms with van der Waals surface area (Å²) in [5.41, 5.74) is 4.95. The number of carbonyl (C=O) groups excluding carboxylic acids is 1. The summed E-state index contributed by atoms with van der Waals surface area (Å²) in [6.45, 7) is 2.17. The highest BCUT2D eigenvalue weighted by Crippen LogP contribution is 2.20. The molecular weight excluding hydrogens is 412 g/mol. The van der Waals surface area contributed by atoms with Gasteiger partial charge in [0.1, 0.15) is 12.4 Å². The van der Waals surface area contributed by atoms with Gasteiger partial charge in [-0.05, 0) is 24.6 Å². The van der Waals surface area contributed by atoms with Crippen LogP contribution in [0.2, 0.25) is 0 Å². The second-order valence-electron chi connectivity index (χ2n) is 6.06. The van der Waals surface area contributed by atoms with Gasteiger partial charge in [-0.1, -0.05) is 24.3 Å². The van der Waals surface area contributed by atoms with E-state index in [9.17, 15) is 13.6 Å². The van der Waals surface area contributed by atoms with E-state index < -0.39 is 11.6 Å². The van der Waals surface area contributed by atoms with Crippen molar-refractivity contribution in [2.24, 2.45) is 5.10 Å². The summed E-state index contributed by atoms with van der Waals surface area (Å²) in [5.74, 6) is -1.78. The van der Waals surface area contributed by atoms with Crippen molar-refractivity contribution in [2.75, 3.05) is 12.0 Å². The lowest BCUT2D eigenvalue weighted by molar-refractivity contribution is -0.142. The van der Waals surface area contributed by atoms with Crippen molar-refractivity contribution >= 4 is 28.7 Å². The molecule has 1 heterocycles. The van der Waals surface area contributed by atoms with Gasteiger partial charge in [0.05, 0.1) is 24.9 Å². The van der Waals surface area contributed by atoms with E-state index in [-0.39, 0.29) is 24.7 Å². The molecular formula is C21H19F2N3O3S. The number of nitrogens with one attached hydrogen (secondary N) is 1. The fraction of sp³-hybridized carbons (Fsp3) is 0.190. The van der Waals surface area contributed by atoms with Gasteiger partial charge in [-0.25, -0.2) is 13.8 Å². The number of esters is 1. The number of carbonyl (C=O) groups is 1. The predicted octanol–water partition coefficient (Wildman–Crippen LogP) is 4.55. The Hall–Kier alpha value is -3.33. The SMILES string of the molecule is CCOC(=O)Cc1csc(NN=Cc2ccccc2COc2ccc(F)cc2F)n1. The molecule has 3 rings (SSSR count). The number of ether oxygens (including phenoxy) is 2. The number of nitrogens with zero attached hydrogens (tertiary/aromatic N) is 2. The molecule has 9 heteroatoms. The summed E-state index contributed by atoms with van der Waals surface area (Å²) in [4.78, 5) is 15.8. The number of rotatable bonds is 9. The molecule has 0 fully saturated rings. The van der Waals surface area contributed by atoms with E-state index in [0.29, 0.717) is 17.4 Å². The average molecular weight is 431 g/mol. The van der Waals surface area contributed by atoms with E-state index in [1.165, 1.54) is 17.4 Å². The molecule has 0 saturated carbocycles. The zero-order valence-corrected chi connectivity index (χ0v) is 16.9. The minimum absolute atomic E-state index is 0.0295. The average Bonchev–Trinajstić information content (AvgIpc) is 3.15. The van der Waals surface area contributed by atoms with Gasteiger partial charge < -0.3 is 9.47 Å². The lowest BCUT2D eigenvalue weighted by Crippen LogP contribution is -2.07. The Morgan fingerprint density at radius 1 is 1.27 bits per heavy atom. The Bertz CT molecular complexity index is 1040. The van der Waals surface area contributed by atoms with Crippen molar-refractivity contribution in [3.8, 4) is 5.75 Å². The van der Waals surface area contributed by atoms with Crippen LogP contribution in [-0.2, 0) is 22.6 Å². The van der Waals surface area contributed by atoms with Gasteiger partial charge in [-0.2, -0.15) is 5.10 Å². The molecule has 1 aromatic heterocycles. The molecule has 0 amide bonds. The van der Waals surface area contributed by atoms with Crippen LogP contribution in [0, 0.1) is 11.6 Å². The fourth-order valence-electron chi connectivity index (χ4n) is 2.50. The summed E-state index contributed by atoms with van der Waals surface area (Å²) < 4.78 is 37.1. The first kappa shape index (κ1) is 21.4. The van der Waals surface area contributed by atoms with E-state index in [1.807, 2.05) is 24.3 Å². The van der Waals surface area contributed by atoms with Crippen molar-refractivity contribution in [1.29, 1.82) is 0 Å². The lowest BCUT2D eigenvalue weighted by Gasteiger charge is -2.09. The van der Waals surface area contributed by atoms with Gasteiger partial charge in [0.15, 0.2) is 11.6 Å². The Morgan fingerprint density at radius 2 is 2.10 bits per heavy atom. The Labute approximate surface area is 176 Å². The van der Waals surface area contributed by atoms with Crippen LogP contribution in [0.15, 0.2) is 52.9 Å². The van der Waals surface area contributed by atoms with Gasteiger partial charge in [0.25, 0.3) is 0 Å². The smallest absolute Gasteiger partial charge is 0.311 e. The largest absolute Gasteiger partial charge is 0.486 e. The molecule has 0 unspecified atom stereocenters. The summed E-state index contributed by atoms with van der Waals surface area (Å²) in [7, 11) is 0. The van der Waals surface area contributed by atoms with E-state index in [0.717, 1.165) is 23.3 Å². The van der Waals surface area contributed by atoms with Gasteiger partial charge >= 0.3 is 5.97 Å². The maximum Gasteiger partial charge on any atom is 0.311 e. The van der Waals surface area contributed by atoms with Gasteiger partial charge in [0, 0.05) is 17.0 Å². The number of benzene rings is 2. The third-order valence-electron chi connectivity index (χ3n) is 3.88. The molecule has 6 nitrogen and oxygen atoms in total. The molecule has 1 N–H and O–H groups in total. The molecule has 156 valence electrons. The molecule has 0 bridgehead atoms. The van der Waals surface area contributed by atoms with Crippen LogP contribution >= 0.6 is 11.3 Å². The van der Waals surface area contributed by atoms with Crippen molar-refractivity contribution < 1.29 is 23.0 Å². The summed E-state index contributed by atoms with van der Waals surface area (Å²) in [6.07, 6.45) is 1.70. The van der Waals surface area contributed by atoms with E-state index in [1.54, 1.807) is 18.5 Å². The summed E-state index contributed by atoms with van der Waals surface area (Å²) in [5, 5.41) is 6.46. The van der Waals surface area contributed by atoms with Crippen molar-refractivity contribution in [2.45, 2.75) is 20.0 Å². The second kappa shape index (κ2) is 10.4. The quantitative estimate of drug-likeness (QED) is 0.306. The van der Waals surface area contributed by atoms with Crippen LogP contribution in [0.1, 0.15) is 23.7 Å². The normalized spacial score (nSPS) is 10.9. The first-order chi connectivity index (χ1) is 14.5. The minimum atomic E-state index is -0.759. The Balaban J connectivity index is 1.60. The third kappa shape index (κ3) is 6.08. The highest BCUT2D eigenvalue weighted by atomic mass is 32.1. The van der Waals surface area contributed by atoms with Crippen molar-refractivity contribution in [1.82, 2.24) is 4.98 Å². The van der Waals surface area contributed by atoms with Gasteiger partial charge in [-0.15, -0.1) is 11.3 Å². The maximum absolute atomic E-state index is 13.7. The molecule has 3 aromatic rings. The Morgan fingerprint density at radius 3 is 2.90 bits per heavy atom. The van der Waals surface area contributed by atoms with Crippen LogP contribution in [-0.4, -0.2) is 23.8 Å². The number of aromatic nitrogens is 1. The number of anilines is 1. The van der Waals surface area contributed by atoms with E-state index in [2.05, 4.69) is 15.5 Å². The third-order valence-corrected chi connectivity index (χ3v) is 4.67. The second-order valence-corrected chi connectivity index (χ2v) is 6.92. The van der Waals surface area contributed by atoms with Crippen LogP contribution in [0.5, 0.6) is 5.75 Å². The minimum Gasteiger partial charge on any atom is -0.486 e. The molecule has 0 radical (unpaired) electrons. The molecule has 2 aromatic carbocycles. The molecule has 0 spiro atoms. The van der Waals surface area contributed by atoms with Crippen LogP contribution in [0.4, 0.5) is 13.9 Å². The monoisotopic (exact) mass is 431 g/mol. The molecule has 0 atom stereocenters. The molecule has 30 heavy (non-hydrogen) atoms. The zero-order chi connectivity index (χ0) is 21.3. The number of hydrogen-bond acceptors (Lipinski definition) is 7.